The van der Waals surface area contributed by atoms with Gasteiger partial charge in [0.15, 0.2) is 0 Å². The molecule has 2 aromatic carbocycles. The van der Waals surface area contributed by atoms with E-state index in [2.05, 4.69) is 5.32 Å². The minimum atomic E-state index is -0.903. The molecule has 2 aromatic rings. The highest BCUT2D eigenvalue weighted by molar-refractivity contribution is 6.31. The van der Waals surface area contributed by atoms with E-state index in [1.165, 1.54) is 6.92 Å². The fourth-order valence-electron chi connectivity index (χ4n) is 2.65. The minimum absolute atomic E-state index is 0.228. The van der Waals surface area contributed by atoms with Gasteiger partial charge in [-0.15, -0.1) is 0 Å². The molecule has 5 nitrogen and oxygen atoms in total. The van der Waals surface area contributed by atoms with Gasteiger partial charge in [-0.05, 0) is 30.7 Å². The van der Waals surface area contributed by atoms with Crippen LogP contribution in [0.3, 0.4) is 0 Å². The SMILES string of the molecule is C[C@H](C(=O)NCc1ccccc1Cl)N1C(=O)c2ccccc2C1=O. The van der Waals surface area contributed by atoms with Crippen molar-refractivity contribution in [3.8, 4) is 0 Å². The van der Waals surface area contributed by atoms with Crippen molar-refractivity contribution in [2.24, 2.45) is 0 Å². The highest BCUT2D eigenvalue weighted by Gasteiger charge is 2.40. The molecule has 0 spiro atoms. The molecule has 1 atom stereocenters. The van der Waals surface area contributed by atoms with Crippen LogP contribution in [0.2, 0.25) is 5.02 Å². The van der Waals surface area contributed by atoms with Gasteiger partial charge in [0.05, 0.1) is 11.1 Å². The summed E-state index contributed by atoms with van der Waals surface area (Å²) >= 11 is 6.05. The molecule has 0 saturated heterocycles. The molecule has 0 unspecified atom stereocenters. The molecule has 3 amide bonds. The summed E-state index contributed by atoms with van der Waals surface area (Å²) in [6.07, 6.45) is 0. The molecule has 6 heteroatoms. The predicted octanol–water partition coefficient (Wildman–Crippen LogP) is 2.64. The quantitative estimate of drug-likeness (QED) is 0.869. The average Bonchev–Trinajstić information content (AvgIpc) is 2.85. The van der Waals surface area contributed by atoms with Gasteiger partial charge in [-0.2, -0.15) is 0 Å². The van der Waals surface area contributed by atoms with Crippen molar-refractivity contribution in [1.82, 2.24) is 10.2 Å². The molecule has 122 valence electrons. The Morgan fingerprint density at radius 3 is 2.17 bits per heavy atom. The van der Waals surface area contributed by atoms with Gasteiger partial charge in [-0.1, -0.05) is 41.9 Å². The lowest BCUT2D eigenvalue weighted by atomic mass is 10.1. The summed E-state index contributed by atoms with van der Waals surface area (Å²) in [5, 5.41) is 3.26. The van der Waals surface area contributed by atoms with Gasteiger partial charge in [-0.3, -0.25) is 19.3 Å². The van der Waals surface area contributed by atoms with Gasteiger partial charge < -0.3 is 5.32 Å². The summed E-state index contributed by atoms with van der Waals surface area (Å²) in [6, 6.07) is 12.8. The van der Waals surface area contributed by atoms with E-state index in [0.717, 1.165) is 10.5 Å². The summed E-state index contributed by atoms with van der Waals surface area (Å²) in [5.74, 6) is -1.31. The van der Waals surface area contributed by atoms with Crippen molar-refractivity contribution in [1.29, 1.82) is 0 Å². The maximum Gasteiger partial charge on any atom is 0.262 e. The lowest BCUT2D eigenvalue weighted by molar-refractivity contribution is -0.124. The standard InChI is InChI=1S/C18H15ClN2O3/c1-11(16(22)20-10-12-6-2-5-9-15(12)19)21-17(23)13-7-3-4-8-14(13)18(21)24/h2-9,11H,10H2,1H3,(H,20,22)/t11-/m1/s1. The number of hydrogen-bond donors (Lipinski definition) is 1. The largest absolute Gasteiger partial charge is 0.350 e. The van der Waals surface area contributed by atoms with E-state index in [4.69, 9.17) is 11.6 Å². The average molecular weight is 343 g/mol. The molecule has 1 heterocycles. The Labute approximate surface area is 144 Å². The normalized spacial score (nSPS) is 14.5. The van der Waals surface area contributed by atoms with Gasteiger partial charge in [0.2, 0.25) is 5.91 Å². The van der Waals surface area contributed by atoms with E-state index in [0.29, 0.717) is 16.1 Å². The second-order valence-corrected chi connectivity index (χ2v) is 5.92. The Hall–Kier alpha value is -2.66. The van der Waals surface area contributed by atoms with Crippen LogP contribution in [0, 0.1) is 0 Å². The molecule has 0 saturated carbocycles. The Morgan fingerprint density at radius 1 is 1.04 bits per heavy atom. The van der Waals surface area contributed by atoms with E-state index in [1.54, 1.807) is 42.5 Å². The predicted molar refractivity (Wildman–Crippen MR) is 89.7 cm³/mol. The maximum atomic E-state index is 12.4. The zero-order chi connectivity index (χ0) is 17.3. The molecule has 0 aromatic heterocycles. The second-order valence-electron chi connectivity index (χ2n) is 5.51. The number of rotatable bonds is 4. The van der Waals surface area contributed by atoms with Crippen molar-refractivity contribution < 1.29 is 14.4 Å². The third-order valence-corrected chi connectivity index (χ3v) is 4.37. The van der Waals surface area contributed by atoms with Crippen molar-refractivity contribution in [2.75, 3.05) is 0 Å². The van der Waals surface area contributed by atoms with Gasteiger partial charge in [0.1, 0.15) is 6.04 Å². The van der Waals surface area contributed by atoms with E-state index in [9.17, 15) is 14.4 Å². The molecule has 0 radical (unpaired) electrons. The maximum absolute atomic E-state index is 12.4. The lowest BCUT2D eigenvalue weighted by Crippen LogP contribution is -2.47. The molecule has 0 bridgehead atoms. The molecule has 0 fully saturated rings. The molecule has 1 aliphatic rings. The summed E-state index contributed by atoms with van der Waals surface area (Å²) in [6.45, 7) is 1.76. The summed E-state index contributed by atoms with van der Waals surface area (Å²) in [5.41, 5.74) is 1.42. The van der Waals surface area contributed by atoms with Crippen LogP contribution in [0.15, 0.2) is 48.5 Å². The molecular weight excluding hydrogens is 328 g/mol. The number of fused-ring (bicyclic) bond motifs is 1. The lowest BCUT2D eigenvalue weighted by Gasteiger charge is -2.21. The van der Waals surface area contributed by atoms with Gasteiger partial charge in [0.25, 0.3) is 11.8 Å². The first-order chi connectivity index (χ1) is 11.5. The third-order valence-electron chi connectivity index (χ3n) is 4.00. The van der Waals surface area contributed by atoms with Gasteiger partial charge >= 0.3 is 0 Å². The highest BCUT2D eigenvalue weighted by atomic mass is 35.5. The van der Waals surface area contributed by atoms with Crippen LogP contribution in [0.25, 0.3) is 0 Å². The fourth-order valence-corrected chi connectivity index (χ4v) is 2.85. The number of nitrogens with one attached hydrogen (secondary N) is 1. The van der Waals surface area contributed by atoms with Gasteiger partial charge in [-0.25, -0.2) is 0 Å². The van der Waals surface area contributed by atoms with E-state index >= 15 is 0 Å². The van der Waals surface area contributed by atoms with Crippen molar-refractivity contribution >= 4 is 29.3 Å². The Kier molecular flexibility index (Phi) is 4.36. The van der Waals surface area contributed by atoms with Crippen LogP contribution in [-0.4, -0.2) is 28.7 Å². The summed E-state index contributed by atoms with van der Waals surface area (Å²) in [4.78, 5) is 38.1. The first-order valence-corrected chi connectivity index (χ1v) is 7.86. The first kappa shape index (κ1) is 16.2. The number of amides is 3. The van der Waals surface area contributed by atoms with E-state index in [1.807, 2.05) is 6.07 Å². The van der Waals surface area contributed by atoms with Crippen LogP contribution in [-0.2, 0) is 11.3 Å². The Balaban J connectivity index is 1.72. The Bertz CT molecular complexity index is 800. The third kappa shape index (κ3) is 2.78. The second kappa shape index (κ2) is 6.45. The summed E-state index contributed by atoms with van der Waals surface area (Å²) in [7, 11) is 0. The number of imide groups is 1. The van der Waals surface area contributed by atoms with Crippen LogP contribution in [0.4, 0.5) is 0 Å². The highest BCUT2D eigenvalue weighted by Crippen LogP contribution is 2.24. The molecule has 0 aliphatic carbocycles. The van der Waals surface area contributed by atoms with Crippen molar-refractivity contribution in [3.63, 3.8) is 0 Å². The first-order valence-electron chi connectivity index (χ1n) is 7.48. The summed E-state index contributed by atoms with van der Waals surface area (Å²) < 4.78 is 0. The number of hydrogen-bond acceptors (Lipinski definition) is 3. The Morgan fingerprint density at radius 2 is 1.58 bits per heavy atom. The number of carbonyl (C=O) groups is 3. The van der Waals surface area contributed by atoms with Crippen LogP contribution < -0.4 is 5.32 Å². The zero-order valence-electron chi connectivity index (χ0n) is 13.0. The topological polar surface area (TPSA) is 66.5 Å². The zero-order valence-corrected chi connectivity index (χ0v) is 13.7. The molecule has 1 aliphatic heterocycles. The van der Waals surface area contributed by atoms with E-state index < -0.39 is 23.8 Å². The number of nitrogens with zero attached hydrogens (tertiary/aromatic N) is 1. The molecule has 1 N–H and O–H groups in total. The molecule has 3 rings (SSSR count). The van der Waals surface area contributed by atoms with E-state index in [-0.39, 0.29) is 6.54 Å². The van der Waals surface area contributed by atoms with Crippen molar-refractivity contribution in [2.45, 2.75) is 19.5 Å². The van der Waals surface area contributed by atoms with Crippen LogP contribution in [0.1, 0.15) is 33.2 Å². The number of benzene rings is 2. The van der Waals surface area contributed by atoms with Crippen LogP contribution >= 0.6 is 11.6 Å². The monoisotopic (exact) mass is 342 g/mol. The fraction of sp³-hybridized carbons (Fsp3) is 0.167. The minimum Gasteiger partial charge on any atom is -0.350 e. The van der Waals surface area contributed by atoms with Crippen molar-refractivity contribution in [3.05, 3.63) is 70.2 Å². The molecule has 24 heavy (non-hydrogen) atoms. The molecular formula is C18H15ClN2O3. The van der Waals surface area contributed by atoms with Crippen LogP contribution in [0.5, 0.6) is 0 Å². The number of carbonyl (C=O) groups excluding carboxylic acids is 3. The van der Waals surface area contributed by atoms with Gasteiger partial charge in [0, 0.05) is 11.6 Å². The smallest absolute Gasteiger partial charge is 0.262 e. The number of halogens is 1.